The van der Waals surface area contributed by atoms with Crippen molar-refractivity contribution in [2.75, 3.05) is 36.4 Å². The van der Waals surface area contributed by atoms with E-state index >= 15 is 0 Å². The van der Waals surface area contributed by atoms with Crippen molar-refractivity contribution in [3.05, 3.63) is 76.8 Å². The smallest absolute Gasteiger partial charge is 0.368 e. The summed E-state index contributed by atoms with van der Waals surface area (Å²) in [5.74, 6) is -0.376. The Kier molecular flexibility index (Phi) is 6.64. The molecule has 2 heterocycles. The van der Waals surface area contributed by atoms with E-state index in [-0.39, 0.29) is 18.2 Å². The van der Waals surface area contributed by atoms with Crippen molar-refractivity contribution >= 4 is 34.0 Å². The van der Waals surface area contributed by atoms with Crippen molar-refractivity contribution in [2.24, 2.45) is 0 Å². The van der Waals surface area contributed by atoms with E-state index in [2.05, 4.69) is 10.3 Å². The number of aromatic nitrogens is 1. The standard InChI is InChI=1S/C23H21F3N4O2S/c24-23(25,26)17-7-4-8-19(13-17)29-9-11-30(12-10-29)20(31)14-18-15-33-22(27-18)28-21(32)16-5-2-1-3-6-16/h1-8,13,15H,9-12,14H2,(H,27,28,32). The zero-order chi connectivity index (χ0) is 23.4. The number of halogens is 3. The highest BCUT2D eigenvalue weighted by Gasteiger charge is 2.31. The Morgan fingerprint density at radius 3 is 2.42 bits per heavy atom. The molecule has 172 valence electrons. The summed E-state index contributed by atoms with van der Waals surface area (Å²) in [4.78, 5) is 32.8. The molecule has 1 fully saturated rings. The second kappa shape index (κ2) is 9.62. The molecule has 0 unspecified atom stereocenters. The zero-order valence-corrected chi connectivity index (χ0v) is 18.3. The van der Waals surface area contributed by atoms with Crippen LogP contribution in [0.2, 0.25) is 0 Å². The number of hydrogen-bond donors (Lipinski definition) is 1. The summed E-state index contributed by atoms with van der Waals surface area (Å²) >= 11 is 1.25. The van der Waals surface area contributed by atoms with Crippen LogP contribution in [-0.4, -0.2) is 47.9 Å². The lowest BCUT2D eigenvalue weighted by Crippen LogP contribution is -2.49. The molecule has 6 nitrogen and oxygen atoms in total. The SMILES string of the molecule is O=C(Nc1nc(CC(=O)N2CCN(c3cccc(C(F)(F)F)c3)CC2)cs1)c1ccccc1. The predicted molar refractivity (Wildman–Crippen MR) is 120 cm³/mol. The van der Waals surface area contributed by atoms with Gasteiger partial charge in [-0.05, 0) is 30.3 Å². The predicted octanol–water partition coefficient (Wildman–Crippen LogP) is 4.31. The van der Waals surface area contributed by atoms with Gasteiger partial charge in [-0.2, -0.15) is 13.2 Å². The van der Waals surface area contributed by atoms with Crippen LogP contribution in [0.4, 0.5) is 24.0 Å². The molecule has 0 radical (unpaired) electrons. The number of rotatable bonds is 5. The molecular formula is C23H21F3N4O2S. The van der Waals surface area contributed by atoms with Crippen molar-refractivity contribution < 1.29 is 22.8 Å². The molecule has 0 aliphatic carbocycles. The number of hydrogen-bond acceptors (Lipinski definition) is 5. The van der Waals surface area contributed by atoms with Crippen LogP contribution in [0.1, 0.15) is 21.6 Å². The van der Waals surface area contributed by atoms with E-state index in [0.29, 0.717) is 48.3 Å². The van der Waals surface area contributed by atoms with Crippen LogP contribution in [0.3, 0.4) is 0 Å². The van der Waals surface area contributed by atoms with Crippen LogP contribution in [0.5, 0.6) is 0 Å². The maximum atomic E-state index is 13.0. The van der Waals surface area contributed by atoms with E-state index in [1.807, 2.05) is 11.0 Å². The van der Waals surface area contributed by atoms with E-state index in [4.69, 9.17) is 0 Å². The fourth-order valence-electron chi connectivity index (χ4n) is 3.56. The van der Waals surface area contributed by atoms with E-state index in [0.717, 1.165) is 12.1 Å². The third kappa shape index (κ3) is 5.70. The minimum absolute atomic E-state index is 0.0985. The molecule has 2 amide bonds. The lowest BCUT2D eigenvalue weighted by Gasteiger charge is -2.36. The van der Waals surface area contributed by atoms with E-state index in [1.54, 1.807) is 40.6 Å². The summed E-state index contributed by atoms with van der Waals surface area (Å²) in [7, 11) is 0. The Morgan fingerprint density at radius 2 is 1.73 bits per heavy atom. The van der Waals surface area contributed by atoms with Gasteiger partial charge in [0.05, 0.1) is 17.7 Å². The van der Waals surface area contributed by atoms with Crippen LogP contribution >= 0.6 is 11.3 Å². The lowest BCUT2D eigenvalue weighted by atomic mass is 10.1. The number of carbonyl (C=O) groups excluding carboxylic acids is 2. The van der Waals surface area contributed by atoms with Gasteiger partial charge in [-0.15, -0.1) is 11.3 Å². The average Bonchev–Trinajstić information content (AvgIpc) is 3.25. The van der Waals surface area contributed by atoms with Crippen LogP contribution in [0.15, 0.2) is 60.0 Å². The summed E-state index contributed by atoms with van der Waals surface area (Å²) in [6.45, 7) is 1.72. The van der Waals surface area contributed by atoms with Crippen LogP contribution in [-0.2, 0) is 17.4 Å². The topological polar surface area (TPSA) is 65.5 Å². The second-order valence-corrected chi connectivity index (χ2v) is 8.41. The van der Waals surface area contributed by atoms with Crippen LogP contribution in [0.25, 0.3) is 0 Å². The molecule has 0 spiro atoms. The van der Waals surface area contributed by atoms with E-state index < -0.39 is 11.7 Å². The number of anilines is 2. The summed E-state index contributed by atoms with van der Waals surface area (Å²) < 4.78 is 38.9. The molecule has 1 N–H and O–H groups in total. The number of alkyl halides is 3. The molecule has 33 heavy (non-hydrogen) atoms. The first-order valence-corrected chi connectivity index (χ1v) is 11.2. The molecule has 0 bridgehead atoms. The first-order valence-electron chi connectivity index (χ1n) is 10.3. The molecule has 0 saturated carbocycles. The fourth-order valence-corrected chi connectivity index (χ4v) is 4.27. The highest BCUT2D eigenvalue weighted by Crippen LogP contribution is 2.32. The largest absolute Gasteiger partial charge is 0.416 e. The second-order valence-electron chi connectivity index (χ2n) is 7.56. The number of thiazole rings is 1. The van der Waals surface area contributed by atoms with Gasteiger partial charge in [-0.3, -0.25) is 14.9 Å². The molecule has 2 aromatic carbocycles. The maximum absolute atomic E-state index is 13.0. The Morgan fingerprint density at radius 1 is 1.00 bits per heavy atom. The quantitative estimate of drug-likeness (QED) is 0.599. The molecule has 10 heteroatoms. The van der Waals surface area contributed by atoms with Crippen LogP contribution < -0.4 is 10.2 Å². The molecule has 1 saturated heterocycles. The van der Waals surface area contributed by atoms with Crippen molar-refractivity contribution in [3.63, 3.8) is 0 Å². The molecule has 1 aliphatic heterocycles. The molecular weight excluding hydrogens is 453 g/mol. The van der Waals surface area contributed by atoms with Gasteiger partial charge in [-0.25, -0.2) is 4.98 Å². The van der Waals surface area contributed by atoms with E-state index in [9.17, 15) is 22.8 Å². The van der Waals surface area contributed by atoms with Gasteiger partial charge in [-0.1, -0.05) is 24.3 Å². The van der Waals surface area contributed by atoms with Gasteiger partial charge < -0.3 is 9.80 Å². The fraction of sp³-hybridized carbons (Fsp3) is 0.261. The van der Waals surface area contributed by atoms with Crippen molar-refractivity contribution in [1.82, 2.24) is 9.88 Å². The van der Waals surface area contributed by atoms with Crippen molar-refractivity contribution in [2.45, 2.75) is 12.6 Å². The van der Waals surface area contributed by atoms with Gasteiger partial charge in [0.2, 0.25) is 5.91 Å². The molecule has 3 aromatic rings. The van der Waals surface area contributed by atoms with E-state index in [1.165, 1.54) is 17.4 Å². The summed E-state index contributed by atoms with van der Waals surface area (Å²) in [5, 5.41) is 4.88. The number of carbonyl (C=O) groups is 2. The Balaban J connectivity index is 1.30. The summed E-state index contributed by atoms with van der Waals surface area (Å²) in [6.07, 6.45) is -4.29. The Hall–Kier alpha value is -3.40. The Bertz CT molecular complexity index is 1130. The average molecular weight is 475 g/mol. The van der Waals surface area contributed by atoms with Crippen molar-refractivity contribution in [1.29, 1.82) is 0 Å². The lowest BCUT2D eigenvalue weighted by molar-refractivity contribution is -0.137. The highest BCUT2D eigenvalue weighted by molar-refractivity contribution is 7.14. The first kappa shape index (κ1) is 22.8. The number of amides is 2. The number of nitrogens with one attached hydrogen (secondary N) is 1. The number of nitrogens with zero attached hydrogens (tertiary/aromatic N) is 3. The Labute approximate surface area is 192 Å². The maximum Gasteiger partial charge on any atom is 0.416 e. The van der Waals surface area contributed by atoms with Crippen molar-refractivity contribution in [3.8, 4) is 0 Å². The third-order valence-electron chi connectivity index (χ3n) is 5.31. The minimum atomic E-state index is -4.39. The highest BCUT2D eigenvalue weighted by atomic mass is 32.1. The molecule has 1 aliphatic rings. The van der Waals surface area contributed by atoms with Gasteiger partial charge in [0.15, 0.2) is 5.13 Å². The zero-order valence-electron chi connectivity index (χ0n) is 17.5. The monoisotopic (exact) mass is 474 g/mol. The molecule has 0 atom stereocenters. The van der Waals surface area contributed by atoms with Crippen LogP contribution in [0, 0.1) is 0 Å². The number of piperazine rings is 1. The summed E-state index contributed by atoms with van der Waals surface area (Å²) in [5.41, 5.74) is 0.894. The van der Waals surface area contributed by atoms with Gasteiger partial charge >= 0.3 is 6.18 Å². The van der Waals surface area contributed by atoms with Gasteiger partial charge in [0.25, 0.3) is 5.91 Å². The number of benzene rings is 2. The third-order valence-corrected chi connectivity index (χ3v) is 6.12. The first-order chi connectivity index (χ1) is 15.8. The molecule has 4 rings (SSSR count). The van der Waals surface area contributed by atoms with Gasteiger partial charge in [0.1, 0.15) is 0 Å². The normalized spacial score (nSPS) is 14.3. The minimum Gasteiger partial charge on any atom is -0.368 e. The van der Waals surface area contributed by atoms with Gasteiger partial charge in [0, 0.05) is 42.8 Å². The molecule has 1 aromatic heterocycles. The summed E-state index contributed by atoms with van der Waals surface area (Å²) in [6, 6.07) is 14.0.